The Morgan fingerprint density at radius 2 is 1.72 bits per heavy atom. The Morgan fingerprint density at radius 3 is 2.48 bits per heavy atom. The number of aliphatic hydroxyl groups excluding tert-OH is 1. The van der Waals surface area contributed by atoms with E-state index in [9.17, 15) is 9.50 Å². The van der Waals surface area contributed by atoms with Crippen LogP contribution < -0.4 is 15.0 Å². The molecule has 2 atom stereocenters. The van der Waals surface area contributed by atoms with Crippen LogP contribution in [0.25, 0.3) is 21.3 Å². The molecule has 0 saturated heterocycles. The smallest absolute Gasteiger partial charge is 0.189 e. The predicted molar refractivity (Wildman–Crippen MR) is 233 cm³/mol. The molecule has 4 bridgehead atoms. The second-order valence-electron chi connectivity index (χ2n) is 18.9. The van der Waals surface area contributed by atoms with Gasteiger partial charge in [-0.25, -0.2) is 14.4 Å². The van der Waals surface area contributed by atoms with Crippen molar-refractivity contribution in [2.45, 2.75) is 97.6 Å². The number of rotatable bonds is 12. The number of hydrogen-bond acceptors (Lipinski definition) is 11. The summed E-state index contributed by atoms with van der Waals surface area (Å²) in [6.45, 7) is 11.3. The summed E-state index contributed by atoms with van der Waals surface area (Å²) >= 11 is 1.40. The maximum atomic E-state index is 13.9. The van der Waals surface area contributed by atoms with Crippen molar-refractivity contribution in [3.8, 4) is 16.9 Å². The lowest BCUT2D eigenvalue weighted by Crippen LogP contribution is -2.64. The van der Waals surface area contributed by atoms with Crippen molar-refractivity contribution in [1.82, 2.24) is 29.9 Å². The summed E-state index contributed by atoms with van der Waals surface area (Å²) in [6.07, 6.45) is 11.2. The van der Waals surface area contributed by atoms with Crippen LogP contribution in [0.2, 0.25) is 0 Å². The Labute approximate surface area is 354 Å². The van der Waals surface area contributed by atoms with Gasteiger partial charge in [-0.1, -0.05) is 37.3 Å². The number of nitrogens with zero attached hydrogens (tertiary/aromatic N) is 7. The molecule has 4 aliphatic carbocycles. The normalized spacial score (nSPS) is 25.6. The third-order valence-corrected chi connectivity index (χ3v) is 14.7. The van der Waals surface area contributed by atoms with E-state index in [1.807, 2.05) is 18.3 Å². The van der Waals surface area contributed by atoms with E-state index in [1.54, 1.807) is 13.2 Å². The Kier molecular flexibility index (Phi) is 9.53. The van der Waals surface area contributed by atoms with Gasteiger partial charge in [-0.2, -0.15) is 5.10 Å². The summed E-state index contributed by atoms with van der Waals surface area (Å²) in [5.74, 6) is 2.83. The Morgan fingerprint density at radius 1 is 0.917 bits per heavy atom. The molecule has 312 valence electrons. The van der Waals surface area contributed by atoms with Crippen molar-refractivity contribution >= 4 is 44.1 Å². The van der Waals surface area contributed by atoms with E-state index >= 15 is 0 Å². The van der Waals surface area contributed by atoms with Gasteiger partial charge < -0.3 is 24.8 Å². The molecule has 13 heteroatoms. The van der Waals surface area contributed by atoms with Crippen LogP contribution in [0.1, 0.15) is 86.9 Å². The number of thiazole rings is 1. The lowest BCUT2D eigenvalue weighted by Gasteiger charge is -2.69. The van der Waals surface area contributed by atoms with Crippen molar-refractivity contribution < 1.29 is 19.0 Å². The fourth-order valence-corrected chi connectivity index (χ4v) is 13.4. The van der Waals surface area contributed by atoms with Gasteiger partial charge in [0.25, 0.3) is 0 Å². The molecule has 2 N–H and O–H groups in total. The fraction of sp³-hybridized carbons (Fsp3) is 0.468. The fourth-order valence-electron chi connectivity index (χ4n) is 12.5. The summed E-state index contributed by atoms with van der Waals surface area (Å²) in [5.41, 5.74) is 8.64. The van der Waals surface area contributed by atoms with Gasteiger partial charge in [0, 0.05) is 47.5 Å². The summed E-state index contributed by atoms with van der Waals surface area (Å²) in [6, 6.07) is 17.2. The highest BCUT2D eigenvalue weighted by Crippen LogP contribution is 2.72. The largest absolute Gasteiger partial charge is 0.497 e. The molecule has 4 saturated carbocycles. The number of halogens is 1. The van der Waals surface area contributed by atoms with Crippen molar-refractivity contribution in [2.24, 2.45) is 16.2 Å². The molecule has 1 aliphatic heterocycles. The average molecular weight is 829 g/mol. The van der Waals surface area contributed by atoms with E-state index in [-0.39, 0.29) is 34.3 Å². The molecule has 0 spiro atoms. The van der Waals surface area contributed by atoms with Crippen LogP contribution in [0.4, 0.5) is 27.0 Å². The summed E-state index contributed by atoms with van der Waals surface area (Å²) in [5, 5.41) is 28.3. The average Bonchev–Trinajstić information content (AvgIpc) is 3.77. The molecule has 0 amide bonds. The zero-order valence-electron chi connectivity index (χ0n) is 35.1. The van der Waals surface area contributed by atoms with E-state index in [0.29, 0.717) is 24.0 Å². The maximum Gasteiger partial charge on any atom is 0.189 e. The highest BCUT2D eigenvalue weighted by molar-refractivity contribution is 7.22. The van der Waals surface area contributed by atoms with Gasteiger partial charge in [0.05, 0.1) is 48.0 Å². The Balaban J connectivity index is 0.975. The summed E-state index contributed by atoms with van der Waals surface area (Å²) < 4.78 is 29.0. The lowest BCUT2D eigenvalue weighted by atomic mass is 9.39. The molecule has 4 fully saturated rings. The van der Waals surface area contributed by atoms with Gasteiger partial charge in [-0.15, -0.1) is 10.2 Å². The quantitative estimate of drug-likeness (QED) is 0.123. The van der Waals surface area contributed by atoms with Crippen LogP contribution >= 0.6 is 11.3 Å². The van der Waals surface area contributed by atoms with Crippen molar-refractivity contribution in [3.63, 3.8) is 0 Å². The first-order valence-corrected chi connectivity index (χ1v) is 22.1. The second-order valence-corrected chi connectivity index (χ2v) is 19.9. The van der Waals surface area contributed by atoms with E-state index < -0.39 is 0 Å². The third-order valence-electron chi connectivity index (χ3n) is 13.8. The first kappa shape index (κ1) is 39.2. The Bertz CT molecular complexity index is 2590. The number of hydrogen-bond donors (Lipinski definition) is 2. The number of nitrogens with one attached hydrogen (secondary N) is 1. The molecule has 2 unspecified atom stereocenters. The SMILES string of the molecule is COc1ccc(Cc2nc(N3CCCc4c3nnc(Nc3nc5ccc(F)cc5s3)c4C)ccc2-c2cnn(CC34CC5(C)CC(C)(C3)CC(OCCO)(C5)C4)c2C)cc1. The molecule has 5 heterocycles. The molecule has 6 aromatic rings. The second kappa shape index (κ2) is 14.6. The number of benzene rings is 2. The van der Waals surface area contributed by atoms with Gasteiger partial charge in [0.1, 0.15) is 17.4 Å². The topological polar surface area (TPSA) is 123 Å². The van der Waals surface area contributed by atoms with E-state index in [2.05, 4.69) is 76.9 Å². The van der Waals surface area contributed by atoms with Crippen LogP contribution in [0.3, 0.4) is 0 Å². The number of aromatic nitrogens is 6. The number of aliphatic hydroxyl groups is 1. The number of fused-ring (bicyclic) bond motifs is 2. The van der Waals surface area contributed by atoms with Crippen LogP contribution in [0.15, 0.2) is 60.8 Å². The van der Waals surface area contributed by atoms with Gasteiger partial charge in [-0.05, 0) is 129 Å². The van der Waals surface area contributed by atoms with E-state index in [1.165, 1.54) is 42.7 Å². The minimum absolute atomic E-state index is 0.0574. The molecule has 60 heavy (non-hydrogen) atoms. The zero-order valence-corrected chi connectivity index (χ0v) is 36.0. The highest BCUT2D eigenvalue weighted by atomic mass is 32.1. The van der Waals surface area contributed by atoms with Gasteiger partial charge in [0.2, 0.25) is 0 Å². The summed E-state index contributed by atoms with van der Waals surface area (Å²) in [7, 11) is 1.69. The zero-order chi connectivity index (χ0) is 41.4. The molecule has 4 aromatic heterocycles. The number of pyridine rings is 1. The van der Waals surface area contributed by atoms with Crippen LogP contribution in [-0.2, 0) is 24.1 Å². The van der Waals surface area contributed by atoms with Crippen LogP contribution in [0.5, 0.6) is 5.75 Å². The van der Waals surface area contributed by atoms with Gasteiger partial charge in [0.15, 0.2) is 16.8 Å². The molecule has 0 radical (unpaired) electrons. The lowest BCUT2D eigenvalue weighted by molar-refractivity contribution is -0.250. The van der Waals surface area contributed by atoms with E-state index in [4.69, 9.17) is 24.7 Å². The Hall–Kier alpha value is -4.98. The molecular weight excluding hydrogens is 776 g/mol. The number of anilines is 4. The molecule has 11 rings (SSSR count). The highest BCUT2D eigenvalue weighted by Gasteiger charge is 2.66. The minimum Gasteiger partial charge on any atom is -0.497 e. The predicted octanol–water partition coefficient (Wildman–Crippen LogP) is 9.66. The van der Waals surface area contributed by atoms with E-state index in [0.717, 1.165) is 112 Å². The van der Waals surface area contributed by atoms with Crippen LogP contribution in [-0.4, -0.2) is 67.5 Å². The minimum atomic E-state index is -0.279. The third kappa shape index (κ3) is 7.01. The van der Waals surface area contributed by atoms with Crippen LogP contribution in [0, 0.1) is 35.9 Å². The molecule has 2 aromatic carbocycles. The first-order valence-electron chi connectivity index (χ1n) is 21.2. The van der Waals surface area contributed by atoms with Crippen molar-refractivity contribution in [3.05, 3.63) is 94.7 Å². The van der Waals surface area contributed by atoms with Gasteiger partial charge in [-0.3, -0.25) is 4.68 Å². The molecule has 11 nitrogen and oxygen atoms in total. The first-order chi connectivity index (χ1) is 28.9. The van der Waals surface area contributed by atoms with Gasteiger partial charge >= 0.3 is 0 Å². The van der Waals surface area contributed by atoms with Crippen molar-refractivity contribution in [1.29, 1.82) is 0 Å². The molecular formula is C47H53FN8O3S. The monoisotopic (exact) mass is 828 g/mol. The standard InChI is InChI=1S/C47H53FN8O3S/c1-29-34-7-6-16-55(42(34)54-53-41(29)52-43-51-37-14-10-32(48)20-39(37)60-43)40-15-13-35(38(50-40)19-31-8-11-33(58-5)12-9-31)36-21-49-56(30(36)2)28-46-23-44(3)22-45(4,24-46)26-47(25-44,27-46)59-18-17-57/h8-15,20-21,57H,6-7,16-19,22-28H2,1-5H3,(H,51,52,53). The number of ether oxygens (including phenoxy) is 2. The summed E-state index contributed by atoms with van der Waals surface area (Å²) in [4.78, 5) is 12.3. The maximum absolute atomic E-state index is 13.9. The molecule has 5 aliphatic rings. The van der Waals surface area contributed by atoms with Crippen molar-refractivity contribution in [2.75, 3.05) is 37.1 Å². The number of methoxy groups -OCH3 is 1.